The second-order valence-electron chi connectivity index (χ2n) is 5.44. The first-order chi connectivity index (χ1) is 12.7. The van der Waals surface area contributed by atoms with E-state index in [-0.39, 0.29) is 16.3 Å². The number of rotatable bonds is 7. The molecule has 2 aromatic carbocycles. The lowest BCUT2D eigenvalue weighted by molar-refractivity contribution is -0.126. The van der Waals surface area contributed by atoms with Crippen molar-refractivity contribution in [3.05, 3.63) is 48.5 Å². The van der Waals surface area contributed by atoms with Gasteiger partial charge in [-0.3, -0.25) is 9.59 Å². The van der Waals surface area contributed by atoms with E-state index in [0.717, 1.165) is 12.1 Å². The van der Waals surface area contributed by atoms with E-state index in [2.05, 4.69) is 20.3 Å². The fourth-order valence-electron chi connectivity index (χ4n) is 2.04. The molecule has 0 aromatic heterocycles. The maximum Gasteiger partial charge on any atom is 0.258 e. The van der Waals surface area contributed by atoms with E-state index in [1.54, 1.807) is 30.3 Å². The number of hydrogen-bond donors (Lipinski definition) is 3. The molecule has 142 valence electrons. The van der Waals surface area contributed by atoms with Gasteiger partial charge < -0.3 is 10.4 Å². The first kappa shape index (κ1) is 20.2. The summed E-state index contributed by atoms with van der Waals surface area (Å²) >= 11 is 0. The third-order valence-corrected chi connectivity index (χ3v) is 4.89. The number of phenolic OH excluding ortho intramolecular Hbond substituents is 1. The number of azo groups is 1. The fourth-order valence-corrected chi connectivity index (χ4v) is 2.79. The Bertz CT molecular complexity index is 974. The monoisotopic (exact) mass is 390 g/mol. The normalized spacial score (nSPS) is 12.7. The van der Waals surface area contributed by atoms with Crippen LogP contribution in [0.5, 0.6) is 5.75 Å². The number of Topliss-reactive ketones (excluding diaryl/α,β-unsaturated/α-hetero) is 1. The zero-order valence-corrected chi connectivity index (χ0v) is 15.4. The van der Waals surface area contributed by atoms with E-state index >= 15 is 0 Å². The summed E-state index contributed by atoms with van der Waals surface area (Å²) in [5.74, 6) is -1.61. The van der Waals surface area contributed by atoms with Gasteiger partial charge in [-0.1, -0.05) is 18.2 Å². The Labute approximate surface area is 156 Å². The summed E-state index contributed by atoms with van der Waals surface area (Å²) in [5, 5.41) is 19.8. The SMILES string of the molecule is CNS(=O)(=O)c1ccc(O)c(N=NC(C(C)=O)C(=O)Nc2ccccc2)c1. The minimum atomic E-state index is -3.76. The van der Waals surface area contributed by atoms with Crippen LogP contribution in [0.3, 0.4) is 0 Å². The number of carbonyl (C=O) groups excluding carboxylic acids is 2. The van der Waals surface area contributed by atoms with Gasteiger partial charge in [-0.2, -0.15) is 10.2 Å². The highest BCUT2D eigenvalue weighted by Crippen LogP contribution is 2.29. The van der Waals surface area contributed by atoms with Crippen LogP contribution in [-0.2, 0) is 19.6 Å². The van der Waals surface area contributed by atoms with E-state index in [9.17, 15) is 23.1 Å². The molecule has 0 radical (unpaired) electrons. The van der Waals surface area contributed by atoms with Gasteiger partial charge >= 0.3 is 0 Å². The highest BCUT2D eigenvalue weighted by molar-refractivity contribution is 7.89. The Balaban J connectivity index is 2.28. The van der Waals surface area contributed by atoms with Crippen molar-refractivity contribution in [3.8, 4) is 5.75 Å². The molecule has 27 heavy (non-hydrogen) atoms. The van der Waals surface area contributed by atoms with Crippen molar-refractivity contribution in [2.75, 3.05) is 12.4 Å². The summed E-state index contributed by atoms with van der Waals surface area (Å²) < 4.78 is 25.8. The van der Waals surface area contributed by atoms with Gasteiger partial charge in [-0.25, -0.2) is 13.1 Å². The summed E-state index contributed by atoms with van der Waals surface area (Å²) in [4.78, 5) is 23.9. The first-order valence-corrected chi connectivity index (χ1v) is 9.26. The number of phenols is 1. The number of hydrogen-bond acceptors (Lipinski definition) is 7. The molecule has 0 saturated heterocycles. The van der Waals surface area contributed by atoms with Crippen LogP contribution in [0.2, 0.25) is 0 Å². The molecule has 0 aliphatic rings. The quantitative estimate of drug-likeness (QED) is 0.490. The van der Waals surface area contributed by atoms with Crippen LogP contribution in [0.4, 0.5) is 11.4 Å². The molecule has 1 unspecified atom stereocenters. The number of benzene rings is 2. The van der Waals surface area contributed by atoms with Gasteiger partial charge in [0.1, 0.15) is 11.4 Å². The van der Waals surface area contributed by atoms with Gasteiger partial charge in [0.25, 0.3) is 5.91 Å². The molecule has 10 heteroatoms. The molecular formula is C17H18N4O5S. The number of para-hydroxylation sites is 1. The Morgan fingerprint density at radius 1 is 1.11 bits per heavy atom. The largest absolute Gasteiger partial charge is 0.506 e. The number of carbonyl (C=O) groups is 2. The number of amides is 1. The predicted octanol–water partition coefficient (Wildman–Crippen LogP) is 1.98. The molecule has 1 amide bonds. The molecule has 9 nitrogen and oxygen atoms in total. The maximum atomic E-state index is 12.3. The van der Waals surface area contributed by atoms with E-state index in [0.29, 0.717) is 5.69 Å². The van der Waals surface area contributed by atoms with E-state index < -0.39 is 27.8 Å². The average molecular weight is 390 g/mol. The van der Waals surface area contributed by atoms with Crippen molar-refractivity contribution in [1.29, 1.82) is 0 Å². The van der Waals surface area contributed by atoms with Gasteiger partial charge in [0.05, 0.1) is 4.90 Å². The third kappa shape index (κ3) is 5.19. The van der Waals surface area contributed by atoms with Crippen molar-refractivity contribution >= 4 is 33.1 Å². The molecule has 0 heterocycles. The molecule has 0 bridgehead atoms. The standard InChI is InChI=1S/C17H18N4O5S/c1-11(22)16(17(24)19-12-6-4-3-5-7-12)21-20-14-10-13(8-9-15(14)23)27(25,26)18-2/h3-10,16,18,23H,1-2H3,(H,19,24). The molecule has 0 aliphatic carbocycles. The Morgan fingerprint density at radius 3 is 2.37 bits per heavy atom. The number of nitrogens with zero attached hydrogens (tertiary/aromatic N) is 2. The molecular weight excluding hydrogens is 372 g/mol. The lowest BCUT2D eigenvalue weighted by atomic mass is 10.2. The first-order valence-electron chi connectivity index (χ1n) is 7.78. The lowest BCUT2D eigenvalue weighted by Gasteiger charge is -2.09. The van der Waals surface area contributed by atoms with Crippen molar-refractivity contribution in [2.24, 2.45) is 10.2 Å². The summed E-state index contributed by atoms with van der Waals surface area (Å²) in [6, 6.07) is 10.4. The second kappa shape index (κ2) is 8.52. The molecule has 0 saturated carbocycles. The fraction of sp³-hybridized carbons (Fsp3) is 0.176. The van der Waals surface area contributed by atoms with Crippen LogP contribution in [-0.4, -0.2) is 38.3 Å². The topological polar surface area (TPSA) is 137 Å². The molecule has 2 rings (SSSR count). The summed E-state index contributed by atoms with van der Waals surface area (Å²) in [6.45, 7) is 1.18. The average Bonchev–Trinajstić information content (AvgIpc) is 2.63. The molecule has 1 atom stereocenters. The van der Waals surface area contributed by atoms with Gasteiger partial charge in [0, 0.05) is 5.69 Å². The van der Waals surface area contributed by atoms with Crippen LogP contribution in [0.15, 0.2) is 63.7 Å². The molecule has 2 aromatic rings. The van der Waals surface area contributed by atoms with E-state index in [4.69, 9.17) is 0 Å². The third-order valence-electron chi connectivity index (χ3n) is 3.48. The molecule has 3 N–H and O–H groups in total. The highest BCUT2D eigenvalue weighted by atomic mass is 32.2. The highest BCUT2D eigenvalue weighted by Gasteiger charge is 2.23. The number of anilines is 1. The van der Waals surface area contributed by atoms with E-state index in [1.807, 2.05) is 0 Å². The van der Waals surface area contributed by atoms with Crippen molar-refractivity contribution < 1.29 is 23.1 Å². The Hall–Kier alpha value is -3.11. The van der Waals surface area contributed by atoms with Gasteiger partial charge in [0.15, 0.2) is 5.78 Å². The van der Waals surface area contributed by atoms with E-state index in [1.165, 1.54) is 20.0 Å². The number of ketones is 1. The van der Waals surface area contributed by atoms with Gasteiger partial charge in [0.2, 0.25) is 16.1 Å². The Kier molecular flexibility index (Phi) is 6.37. The smallest absolute Gasteiger partial charge is 0.258 e. The summed E-state index contributed by atoms with van der Waals surface area (Å²) in [7, 11) is -2.52. The maximum absolute atomic E-state index is 12.3. The van der Waals surface area contributed by atoms with Crippen molar-refractivity contribution in [1.82, 2.24) is 4.72 Å². The van der Waals surface area contributed by atoms with Crippen LogP contribution in [0, 0.1) is 0 Å². The number of sulfonamides is 1. The summed E-state index contributed by atoms with van der Waals surface area (Å²) in [5.41, 5.74) is 0.291. The van der Waals surface area contributed by atoms with Gasteiger partial charge in [-0.15, -0.1) is 0 Å². The van der Waals surface area contributed by atoms with Crippen LogP contribution in [0.1, 0.15) is 6.92 Å². The van der Waals surface area contributed by atoms with Crippen molar-refractivity contribution in [2.45, 2.75) is 17.9 Å². The van der Waals surface area contributed by atoms with Gasteiger partial charge in [-0.05, 0) is 44.3 Å². The van der Waals surface area contributed by atoms with Crippen LogP contribution in [0.25, 0.3) is 0 Å². The van der Waals surface area contributed by atoms with Crippen LogP contribution < -0.4 is 10.0 Å². The molecule has 0 spiro atoms. The second-order valence-corrected chi connectivity index (χ2v) is 7.33. The summed E-state index contributed by atoms with van der Waals surface area (Å²) in [6.07, 6.45) is 0. The molecule has 0 fully saturated rings. The predicted molar refractivity (Wildman–Crippen MR) is 98.4 cm³/mol. The number of aromatic hydroxyl groups is 1. The van der Waals surface area contributed by atoms with Crippen molar-refractivity contribution in [3.63, 3.8) is 0 Å². The minimum Gasteiger partial charge on any atom is -0.506 e. The number of nitrogens with one attached hydrogen (secondary N) is 2. The van der Waals surface area contributed by atoms with Crippen LogP contribution >= 0.6 is 0 Å². The Morgan fingerprint density at radius 2 is 1.78 bits per heavy atom. The zero-order chi connectivity index (χ0) is 20.0. The zero-order valence-electron chi connectivity index (χ0n) is 14.6. The molecule has 0 aliphatic heterocycles. The minimum absolute atomic E-state index is 0.148. The lowest BCUT2D eigenvalue weighted by Crippen LogP contribution is -2.31.